The Kier molecular flexibility index (Phi) is 2.91. The van der Waals surface area contributed by atoms with E-state index in [1.807, 2.05) is 36.4 Å². The number of hydrogen-bond donors (Lipinski definition) is 1. The molecule has 0 aliphatic heterocycles. The Balaban J connectivity index is 2.24. The molecule has 0 spiro atoms. The van der Waals surface area contributed by atoms with Gasteiger partial charge in [-0.05, 0) is 48.2 Å². The van der Waals surface area contributed by atoms with Crippen LogP contribution in [0.1, 0.15) is 16.7 Å². The van der Waals surface area contributed by atoms with E-state index in [9.17, 15) is 4.39 Å². The highest BCUT2D eigenvalue weighted by Crippen LogP contribution is 2.15. The van der Waals surface area contributed by atoms with Gasteiger partial charge in [-0.15, -0.1) is 0 Å². The molecule has 0 fully saturated rings. The van der Waals surface area contributed by atoms with Crippen molar-refractivity contribution in [1.29, 1.82) is 0 Å². The molecule has 0 atom stereocenters. The van der Waals surface area contributed by atoms with E-state index in [0.29, 0.717) is 5.56 Å². The van der Waals surface area contributed by atoms with Crippen LogP contribution in [0.3, 0.4) is 0 Å². The van der Waals surface area contributed by atoms with Gasteiger partial charge in [-0.2, -0.15) is 0 Å². The zero-order valence-electron chi connectivity index (χ0n) is 9.20. The minimum absolute atomic E-state index is 0.156. The van der Waals surface area contributed by atoms with Crippen LogP contribution in [-0.2, 0) is 6.42 Å². The minimum atomic E-state index is -0.156. The fourth-order valence-electron chi connectivity index (χ4n) is 1.76. The van der Waals surface area contributed by atoms with Crippen molar-refractivity contribution in [3.05, 3.63) is 65.0 Å². The van der Waals surface area contributed by atoms with Crippen molar-refractivity contribution in [2.45, 2.75) is 13.3 Å². The summed E-state index contributed by atoms with van der Waals surface area (Å²) in [5.74, 6) is -0.156. The summed E-state index contributed by atoms with van der Waals surface area (Å²) in [6, 6.07) is 13.0. The molecule has 0 amide bonds. The molecule has 16 heavy (non-hydrogen) atoms. The molecule has 0 aliphatic rings. The summed E-state index contributed by atoms with van der Waals surface area (Å²) >= 11 is 0. The fraction of sp³-hybridized carbons (Fsp3) is 0.143. The fourth-order valence-corrected chi connectivity index (χ4v) is 1.76. The maximum Gasteiger partial charge on any atom is 0.126 e. The third-order valence-electron chi connectivity index (χ3n) is 2.58. The second-order valence-corrected chi connectivity index (χ2v) is 4.01. The van der Waals surface area contributed by atoms with Crippen LogP contribution in [0, 0.1) is 12.7 Å². The van der Waals surface area contributed by atoms with Crippen LogP contribution in [0.25, 0.3) is 0 Å². The van der Waals surface area contributed by atoms with Gasteiger partial charge in [-0.1, -0.05) is 24.3 Å². The topological polar surface area (TPSA) is 26.0 Å². The molecule has 0 saturated heterocycles. The Hall–Kier alpha value is -1.83. The van der Waals surface area contributed by atoms with E-state index in [-0.39, 0.29) is 5.82 Å². The lowest BCUT2D eigenvalue weighted by Crippen LogP contribution is -1.92. The van der Waals surface area contributed by atoms with Gasteiger partial charge in [0.15, 0.2) is 0 Å². The van der Waals surface area contributed by atoms with E-state index >= 15 is 0 Å². The largest absolute Gasteiger partial charge is 0.399 e. The third-order valence-corrected chi connectivity index (χ3v) is 2.58. The van der Waals surface area contributed by atoms with Crippen LogP contribution < -0.4 is 5.73 Å². The van der Waals surface area contributed by atoms with E-state index in [4.69, 9.17) is 5.73 Å². The smallest absolute Gasteiger partial charge is 0.126 e. The van der Waals surface area contributed by atoms with Gasteiger partial charge < -0.3 is 5.73 Å². The molecular formula is C14H14FN. The molecule has 0 aliphatic carbocycles. The SMILES string of the molecule is Cc1cc(Cc2cccc(N)c2)ccc1F. The van der Waals surface area contributed by atoms with E-state index in [1.165, 1.54) is 6.07 Å². The number of nitrogen functional groups attached to an aromatic ring is 1. The molecule has 2 N–H and O–H groups in total. The van der Waals surface area contributed by atoms with Crippen molar-refractivity contribution in [2.24, 2.45) is 0 Å². The lowest BCUT2D eigenvalue weighted by molar-refractivity contribution is 0.618. The highest BCUT2D eigenvalue weighted by molar-refractivity contribution is 5.42. The molecule has 0 bridgehead atoms. The third kappa shape index (κ3) is 2.40. The number of hydrogen-bond acceptors (Lipinski definition) is 1. The molecule has 1 nitrogen and oxygen atoms in total. The Morgan fingerprint density at radius 3 is 2.50 bits per heavy atom. The van der Waals surface area contributed by atoms with E-state index < -0.39 is 0 Å². The molecule has 0 saturated carbocycles. The van der Waals surface area contributed by atoms with Crippen LogP contribution in [0.5, 0.6) is 0 Å². The van der Waals surface area contributed by atoms with Crippen molar-refractivity contribution in [3.8, 4) is 0 Å². The van der Waals surface area contributed by atoms with E-state index in [0.717, 1.165) is 23.2 Å². The zero-order chi connectivity index (χ0) is 11.5. The van der Waals surface area contributed by atoms with Crippen LogP contribution in [0.2, 0.25) is 0 Å². The van der Waals surface area contributed by atoms with Crippen molar-refractivity contribution < 1.29 is 4.39 Å². The number of rotatable bonds is 2. The minimum Gasteiger partial charge on any atom is -0.399 e. The van der Waals surface area contributed by atoms with Gasteiger partial charge in [-0.3, -0.25) is 0 Å². The maximum absolute atomic E-state index is 13.1. The van der Waals surface area contributed by atoms with Gasteiger partial charge in [0.1, 0.15) is 5.82 Å². The zero-order valence-corrected chi connectivity index (χ0v) is 9.20. The second-order valence-electron chi connectivity index (χ2n) is 4.01. The quantitative estimate of drug-likeness (QED) is 0.764. The van der Waals surface area contributed by atoms with Crippen LogP contribution in [0.4, 0.5) is 10.1 Å². The summed E-state index contributed by atoms with van der Waals surface area (Å²) in [6.45, 7) is 1.78. The number of halogens is 1. The number of anilines is 1. The molecule has 2 heteroatoms. The number of benzene rings is 2. The van der Waals surface area contributed by atoms with Crippen molar-refractivity contribution in [3.63, 3.8) is 0 Å². The molecule has 2 rings (SSSR count). The molecule has 0 unspecified atom stereocenters. The van der Waals surface area contributed by atoms with Crippen LogP contribution in [0.15, 0.2) is 42.5 Å². The first-order valence-electron chi connectivity index (χ1n) is 5.24. The number of aryl methyl sites for hydroxylation is 1. The summed E-state index contributed by atoms with van der Waals surface area (Å²) in [7, 11) is 0. The van der Waals surface area contributed by atoms with Gasteiger partial charge in [0.25, 0.3) is 0 Å². The standard InChI is InChI=1S/C14H14FN/c1-10-7-12(5-6-14(10)15)8-11-3-2-4-13(16)9-11/h2-7,9H,8,16H2,1H3. The molecule has 0 heterocycles. The highest BCUT2D eigenvalue weighted by Gasteiger charge is 2.00. The molecular weight excluding hydrogens is 201 g/mol. The Labute approximate surface area is 94.7 Å². The summed E-state index contributed by atoms with van der Waals surface area (Å²) in [6.07, 6.45) is 0.784. The van der Waals surface area contributed by atoms with Gasteiger partial charge >= 0.3 is 0 Å². The average Bonchev–Trinajstić information content (AvgIpc) is 2.24. The molecule has 82 valence electrons. The molecule has 2 aromatic carbocycles. The number of nitrogens with two attached hydrogens (primary N) is 1. The predicted octanol–water partition coefficient (Wildman–Crippen LogP) is 3.31. The van der Waals surface area contributed by atoms with Gasteiger partial charge in [-0.25, -0.2) is 4.39 Å². The Morgan fingerprint density at radius 2 is 1.81 bits per heavy atom. The molecule has 0 radical (unpaired) electrons. The van der Waals surface area contributed by atoms with Crippen LogP contribution in [-0.4, -0.2) is 0 Å². The first kappa shape index (κ1) is 10.7. The van der Waals surface area contributed by atoms with Crippen molar-refractivity contribution in [2.75, 3.05) is 5.73 Å². The first-order valence-corrected chi connectivity index (χ1v) is 5.24. The second kappa shape index (κ2) is 4.35. The van der Waals surface area contributed by atoms with Gasteiger partial charge in [0.2, 0.25) is 0 Å². The summed E-state index contributed by atoms with van der Waals surface area (Å²) in [4.78, 5) is 0. The molecule has 0 aromatic heterocycles. The lowest BCUT2D eigenvalue weighted by atomic mass is 10.0. The predicted molar refractivity (Wildman–Crippen MR) is 64.8 cm³/mol. The average molecular weight is 215 g/mol. The monoisotopic (exact) mass is 215 g/mol. The summed E-state index contributed by atoms with van der Waals surface area (Å²) in [5.41, 5.74) is 9.39. The normalized spacial score (nSPS) is 10.4. The molecule has 2 aromatic rings. The van der Waals surface area contributed by atoms with E-state index in [2.05, 4.69) is 0 Å². The lowest BCUT2D eigenvalue weighted by Gasteiger charge is -2.04. The van der Waals surface area contributed by atoms with Gasteiger partial charge in [0.05, 0.1) is 0 Å². The van der Waals surface area contributed by atoms with Gasteiger partial charge in [0, 0.05) is 5.69 Å². The Bertz CT molecular complexity index is 506. The van der Waals surface area contributed by atoms with Crippen LogP contribution >= 0.6 is 0 Å². The van der Waals surface area contributed by atoms with Crippen molar-refractivity contribution >= 4 is 5.69 Å². The first-order chi connectivity index (χ1) is 7.65. The highest BCUT2D eigenvalue weighted by atomic mass is 19.1. The summed E-state index contributed by atoms with van der Waals surface area (Å²) < 4.78 is 13.1. The Morgan fingerprint density at radius 1 is 1.06 bits per heavy atom. The van der Waals surface area contributed by atoms with Crippen molar-refractivity contribution in [1.82, 2.24) is 0 Å². The maximum atomic E-state index is 13.1. The summed E-state index contributed by atoms with van der Waals surface area (Å²) in [5, 5.41) is 0. The van der Waals surface area contributed by atoms with E-state index in [1.54, 1.807) is 6.92 Å².